The maximum absolute atomic E-state index is 12.6. The highest BCUT2D eigenvalue weighted by atomic mass is 32.2. The van der Waals surface area contributed by atoms with E-state index in [9.17, 15) is 8.42 Å². The molecule has 130 valence electrons. The molecule has 0 aliphatic carbocycles. The number of sulfonamides is 1. The molecule has 3 rings (SSSR count). The lowest BCUT2D eigenvalue weighted by molar-refractivity contribution is 0.0730. The second-order valence-corrected chi connectivity index (χ2v) is 7.48. The highest BCUT2D eigenvalue weighted by Gasteiger charge is 2.26. The first-order valence-electron chi connectivity index (χ1n) is 7.90. The van der Waals surface area contributed by atoms with E-state index in [0.29, 0.717) is 37.6 Å². The average molecular weight is 358 g/mol. The summed E-state index contributed by atoms with van der Waals surface area (Å²) in [5.41, 5.74) is 1.35. The van der Waals surface area contributed by atoms with Crippen LogP contribution >= 0.6 is 0 Å². The van der Waals surface area contributed by atoms with Gasteiger partial charge in [0.1, 0.15) is 12.4 Å². The molecular weight excluding hydrogens is 340 g/mol. The van der Waals surface area contributed by atoms with Crippen LogP contribution in [0.4, 0.5) is 0 Å². The fourth-order valence-corrected chi connectivity index (χ4v) is 3.97. The molecule has 1 aliphatic rings. The highest BCUT2D eigenvalue weighted by molar-refractivity contribution is 7.89. The lowest BCUT2D eigenvalue weighted by Gasteiger charge is -2.26. The van der Waals surface area contributed by atoms with Crippen molar-refractivity contribution in [1.82, 2.24) is 4.31 Å². The van der Waals surface area contributed by atoms with Gasteiger partial charge in [-0.1, -0.05) is 18.2 Å². The van der Waals surface area contributed by atoms with Gasteiger partial charge >= 0.3 is 0 Å². The number of benzene rings is 2. The van der Waals surface area contributed by atoms with Crippen molar-refractivity contribution in [2.24, 2.45) is 0 Å². The summed E-state index contributed by atoms with van der Waals surface area (Å²) in [5, 5.41) is 9.08. The molecule has 0 amide bonds. The van der Waals surface area contributed by atoms with Crippen molar-refractivity contribution < 1.29 is 17.9 Å². The number of ether oxygens (including phenoxy) is 2. The summed E-state index contributed by atoms with van der Waals surface area (Å²) in [5.74, 6) is 0.550. The zero-order valence-electron chi connectivity index (χ0n) is 13.6. The minimum atomic E-state index is -3.50. The molecule has 0 N–H and O–H groups in total. The molecular formula is C18H18N2O4S. The SMILES string of the molecule is N#Cc1ccccc1COc1ccc(S(=O)(=O)N2CCOCC2)cc1. The molecule has 1 aliphatic heterocycles. The molecule has 0 spiro atoms. The first kappa shape index (κ1) is 17.4. The fraction of sp³-hybridized carbons (Fsp3) is 0.278. The van der Waals surface area contributed by atoms with Crippen LogP contribution in [0.15, 0.2) is 53.4 Å². The molecule has 1 saturated heterocycles. The summed E-state index contributed by atoms with van der Waals surface area (Å²) < 4.78 is 37.4. The van der Waals surface area contributed by atoms with Gasteiger partial charge in [-0.3, -0.25) is 0 Å². The Labute approximate surface area is 147 Å². The lowest BCUT2D eigenvalue weighted by atomic mass is 10.1. The van der Waals surface area contributed by atoms with E-state index in [1.807, 2.05) is 12.1 Å². The van der Waals surface area contributed by atoms with Gasteiger partial charge in [-0.25, -0.2) is 8.42 Å². The molecule has 1 fully saturated rings. The zero-order valence-corrected chi connectivity index (χ0v) is 14.4. The third-order valence-electron chi connectivity index (χ3n) is 3.96. The van der Waals surface area contributed by atoms with Crippen molar-refractivity contribution in [1.29, 1.82) is 5.26 Å². The van der Waals surface area contributed by atoms with E-state index in [2.05, 4.69) is 6.07 Å². The number of rotatable bonds is 5. The minimum Gasteiger partial charge on any atom is -0.489 e. The average Bonchev–Trinajstić information content (AvgIpc) is 2.67. The van der Waals surface area contributed by atoms with E-state index in [4.69, 9.17) is 14.7 Å². The molecule has 7 heteroatoms. The first-order valence-corrected chi connectivity index (χ1v) is 9.34. The van der Waals surface area contributed by atoms with E-state index >= 15 is 0 Å². The Morgan fingerprint density at radius 1 is 1.08 bits per heavy atom. The summed E-state index contributed by atoms with van der Waals surface area (Å²) in [6.07, 6.45) is 0. The Hall–Kier alpha value is -2.40. The van der Waals surface area contributed by atoms with Crippen molar-refractivity contribution >= 4 is 10.0 Å². The topological polar surface area (TPSA) is 79.6 Å². The van der Waals surface area contributed by atoms with E-state index in [1.54, 1.807) is 24.3 Å². The molecule has 1 heterocycles. The van der Waals surface area contributed by atoms with Gasteiger partial charge in [0.05, 0.1) is 29.7 Å². The predicted octanol–water partition coefficient (Wildman–Crippen LogP) is 2.16. The number of hydrogen-bond donors (Lipinski definition) is 0. The molecule has 0 bridgehead atoms. The van der Waals surface area contributed by atoms with Crippen LogP contribution in [0.25, 0.3) is 0 Å². The lowest BCUT2D eigenvalue weighted by Crippen LogP contribution is -2.40. The third kappa shape index (κ3) is 3.99. The van der Waals surface area contributed by atoms with Gasteiger partial charge in [-0.15, -0.1) is 0 Å². The van der Waals surface area contributed by atoms with Crippen molar-refractivity contribution in [2.45, 2.75) is 11.5 Å². The summed E-state index contributed by atoms with van der Waals surface area (Å²) in [4.78, 5) is 0.235. The van der Waals surface area contributed by atoms with Gasteiger partial charge in [-0.2, -0.15) is 9.57 Å². The maximum atomic E-state index is 12.6. The van der Waals surface area contributed by atoms with Crippen molar-refractivity contribution in [2.75, 3.05) is 26.3 Å². The van der Waals surface area contributed by atoms with Gasteiger partial charge in [0.25, 0.3) is 0 Å². The van der Waals surface area contributed by atoms with E-state index < -0.39 is 10.0 Å². The highest BCUT2D eigenvalue weighted by Crippen LogP contribution is 2.21. The molecule has 2 aromatic carbocycles. The molecule has 0 radical (unpaired) electrons. The zero-order chi connectivity index (χ0) is 17.7. The Bertz CT molecular complexity index is 867. The minimum absolute atomic E-state index is 0.235. The second kappa shape index (κ2) is 7.66. The Balaban J connectivity index is 1.69. The van der Waals surface area contributed by atoms with Crippen LogP contribution in [-0.4, -0.2) is 39.0 Å². The van der Waals surface area contributed by atoms with E-state index in [0.717, 1.165) is 5.56 Å². The number of morpholine rings is 1. The van der Waals surface area contributed by atoms with Crippen LogP contribution in [0.1, 0.15) is 11.1 Å². The standard InChI is InChI=1S/C18H18N2O4S/c19-13-15-3-1-2-4-16(15)14-24-17-5-7-18(8-6-17)25(21,22)20-9-11-23-12-10-20/h1-8H,9-12,14H2. The molecule has 0 aromatic heterocycles. The number of hydrogen-bond acceptors (Lipinski definition) is 5. The number of nitrogens with zero attached hydrogens (tertiary/aromatic N) is 2. The van der Waals surface area contributed by atoms with Crippen molar-refractivity contribution in [3.63, 3.8) is 0 Å². The monoisotopic (exact) mass is 358 g/mol. The summed E-state index contributed by atoms with van der Waals surface area (Å²) in [7, 11) is -3.50. The van der Waals surface area contributed by atoms with Crippen LogP contribution in [0, 0.1) is 11.3 Å². The Kier molecular flexibility index (Phi) is 5.34. The smallest absolute Gasteiger partial charge is 0.243 e. The number of nitriles is 1. The van der Waals surface area contributed by atoms with Gasteiger partial charge in [0.15, 0.2) is 0 Å². The van der Waals surface area contributed by atoms with Gasteiger partial charge in [0.2, 0.25) is 10.0 Å². The first-order chi connectivity index (χ1) is 12.1. The van der Waals surface area contributed by atoms with E-state index in [-0.39, 0.29) is 11.5 Å². The van der Waals surface area contributed by atoms with E-state index in [1.165, 1.54) is 16.4 Å². The second-order valence-electron chi connectivity index (χ2n) is 5.55. The largest absolute Gasteiger partial charge is 0.489 e. The van der Waals surface area contributed by atoms with Gasteiger partial charge in [-0.05, 0) is 30.3 Å². The molecule has 2 aromatic rings. The van der Waals surface area contributed by atoms with Crippen LogP contribution in [0.2, 0.25) is 0 Å². The van der Waals surface area contributed by atoms with Crippen molar-refractivity contribution in [3.8, 4) is 11.8 Å². The molecule has 0 atom stereocenters. The maximum Gasteiger partial charge on any atom is 0.243 e. The quantitative estimate of drug-likeness (QED) is 0.818. The fourth-order valence-electron chi connectivity index (χ4n) is 2.56. The Morgan fingerprint density at radius 2 is 1.76 bits per heavy atom. The molecule has 0 saturated carbocycles. The normalized spacial score (nSPS) is 15.5. The summed E-state index contributed by atoms with van der Waals surface area (Å²) >= 11 is 0. The molecule has 25 heavy (non-hydrogen) atoms. The van der Waals surface area contributed by atoms with Gasteiger partial charge < -0.3 is 9.47 Å². The van der Waals surface area contributed by atoms with Crippen LogP contribution in [-0.2, 0) is 21.4 Å². The Morgan fingerprint density at radius 3 is 2.44 bits per heavy atom. The van der Waals surface area contributed by atoms with Crippen molar-refractivity contribution in [3.05, 3.63) is 59.7 Å². The molecule has 6 nitrogen and oxygen atoms in total. The van der Waals surface area contributed by atoms with Gasteiger partial charge in [0, 0.05) is 18.7 Å². The summed E-state index contributed by atoms with van der Waals surface area (Å²) in [6.45, 7) is 1.81. The third-order valence-corrected chi connectivity index (χ3v) is 5.88. The predicted molar refractivity (Wildman–Crippen MR) is 91.5 cm³/mol. The summed E-state index contributed by atoms with van der Waals surface area (Å²) in [6, 6.07) is 15.7. The van der Waals surface area contributed by atoms with Crippen LogP contribution < -0.4 is 4.74 Å². The van der Waals surface area contributed by atoms with Crippen LogP contribution in [0.5, 0.6) is 5.75 Å². The molecule has 0 unspecified atom stereocenters. The van der Waals surface area contributed by atoms with Crippen LogP contribution in [0.3, 0.4) is 0 Å².